The zero-order chi connectivity index (χ0) is 14.9. The van der Waals surface area contributed by atoms with Gasteiger partial charge in [0.25, 0.3) is 0 Å². The summed E-state index contributed by atoms with van der Waals surface area (Å²) in [6, 6.07) is 0. The van der Waals surface area contributed by atoms with Crippen LogP contribution in [-0.4, -0.2) is 18.0 Å². The van der Waals surface area contributed by atoms with E-state index >= 15 is 0 Å². The summed E-state index contributed by atoms with van der Waals surface area (Å²) < 4.78 is 6.46. The van der Waals surface area contributed by atoms with Crippen molar-refractivity contribution < 1.29 is 9.53 Å². The average molecular weight is 274 g/mol. The maximum atomic E-state index is 12.3. The number of hydrogen-bond donors (Lipinski definition) is 0. The molecule has 0 bridgehead atoms. The van der Waals surface area contributed by atoms with Crippen LogP contribution < -0.4 is 0 Å². The Balaban J connectivity index is 2.17. The third-order valence-corrected chi connectivity index (χ3v) is 6.62. The van der Waals surface area contributed by atoms with Gasteiger partial charge in [-0.1, -0.05) is 38.5 Å². The van der Waals surface area contributed by atoms with Crippen LogP contribution in [0.3, 0.4) is 0 Å². The van der Waals surface area contributed by atoms with Crippen molar-refractivity contribution in [3.8, 4) is 0 Å². The fourth-order valence-corrected chi connectivity index (χ4v) is 5.17. The number of carbonyl (C=O) groups excluding carboxylic acids is 1. The molecule has 2 fully saturated rings. The van der Waals surface area contributed by atoms with Gasteiger partial charge in [0.1, 0.15) is 5.78 Å². The largest absolute Gasteiger partial charge is 0.368 e. The molecule has 0 aromatic rings. The molecule has 2 heteroatoms. The van der Waals surface area contributed by atoms with Gasteiger partial charge in [0.15, 0.2) is 0 Å². The molecule has 1 aliphatic heterocycles. The third kappa shape index (κ3) is 1.36. The Morgan fingerprint density at radius 1 is 1.45 bits per heavy atom. The van der Waals surface area contributed by atoms with Crippen molar-refractivity contribution in [2.24, 2.45) is 22.7 Å². The quantitative estimate of drug-likeness (QED) is 0.677. The van der Waals surface area contributed by atoms with Crippen LogP contribution in [0.1, 0.15) is 48.0 Å². The Hall–Kier alpha value is -0.890. The number of hydrogen-bond acceptors (Lipinski definition) is 2. The van der Waals surface area contributed by atoms with Gasteiger partial charge in [-0.15, -0.1) is 0 Å². The van der Waals surface area contributed by atoms with Gasteiger partial charge in [-0.2, -0.15) is 0 Å². The van der Waals surface area contributed by atoms with Gasteiger partial charge in [0, 0.05) is 23.2 Å². The van der Waals surface area contributed by atoms with Crippen molar-refractivity contribution in [3.63, 3.8) is 0 Å². The topological polar surface area (TPSA) is 26.3 Å². The lowest BCUT2D eigenvalue weighted by Crippen LogP contribution is -2.51. The fourth-order valence-electron chi connectivity index (χ4n) is 5.17. The monoisotopic (exact) mass is 274 g/mol. The number of Topliss-reactive ketones (excluding diaryl/α,β-unsaturated/α-hetero) is 1. The van der Waals surface area contributed by atoms with E-state index in [0.29, 0.717) is 18.1 Å². The van der Waals surface area contributed by atoms with Crippen LogP contribution in [0.25, 0.3) is 0 Å². The molecule has 1 heterocycles. The molecule has 1 saturated carbocycles. The average Bonchev–Trinajstić information content (AvgIpc) is 2.74. The first-order chi connectivity index (χ1) is 9.27. The summed E-state index contributed by atoms with van der Waals surface area (Å²) >= 11 is 0. The highest BCUT2D eigenvalue weighted by atomic mass is 16.5. The zero-order valence-electron chi connectivity index (χ0n) is 13.5. The molecule has 0 radical (unpaired) electrons. The van der Waals surface area contributed by atoms with Gasteiger partial charge in [-0.05, 0) is 32.3 Å². The van der Waals surface area contributed by atoms with E-state index in [2.05, 4.69) is 53.7 Å². The predicted octanol–water partition coefficient (Wildman–Crippen LogP) is 3.92. The van der Waals surface area contributed by atoms with Crippen molar-refractivity contribution in [2.45, 2.75) is 60.2 Å². The SMILES string of the molecule is C/C=C(\C)[C@H]1O[C@@H]2C(C)C(=O)C[C@@H]3C(C)=C[C@@]1(C)[C@@]32C. The molecule has 0 spiro atoms. The Kier molecular flexibility index (Phi) is 2.86. The zero-order valence-corrected chi connectivity index (χ0v) is 13.5. The van der Waals surface area contributed by atoms with E-state index in [1.807, 2.05) is 0 Å². The molecule has 1 saturated heterocycles. The van der Waals surface area contributed by atoms with E-state index < -0.39 is 0 Å². The van der Waals surface area contributed by atoms with E-state index in [-0.39, 0.29) is 29.0 Å². The first-order valence-electron chi connectivity index (χ1n) is 7.77. The lowest BCUT2D eigenvalue weighted by Gasteiger charge is -2.47. The fraction of sp³-hybridized carbons (Fsp3) is 0.722. The minimum absolute atomic E-state index is 0.0119. The Bertz CT molecular complexity index is 530. The predicted molar refractivity (Wildman–Crippen MR) is 80.3 cm³/mol. The normalized spacial score (nSPS) is 51.2. The Morgan fingerprint density at radius 3 is 2.70 bits per heavy atom. The highest BCUT2D eigenvalue weighted by Crippen LogP contribution is 2.68. The maximum Gasteiger partial charge on any atom is 0.138 e. The number of ether oxygens (including phenoxy) is 1. The molecule has 0 aromatic heterocycles. The summed E-state index contributed by atoms with van der Waals surface area (Å²) in [6.07, 6.45) is 5.40. The van der Waals surface area contributed by atoms with Crippen LogP contribution in [0.5, 0.6) is 0 Å². The molecule has 3 aliphatic rings. The Morgan fingerprint density at radius 2 is 2.10 bits per heavy atom. The molecule has 2 aliphatic carbocycles. The third-order valence-electron chi connectivity index (χ3n) is 6.62. The van der Waals surface area contributed by atoms with Gasteiger partial charge in [0.2, 0.25) is 0 Å². The summed E-state index contributed by atoms with van der Waals surface area (Å²) in [7, 11) is 0. The summed E-state index contributed by atoms with van der Waals surface area (Å²) in [5.41, 5.74) is 2.74. The van der Waals surface area contributed by atoms with Crippen molar-refractivity contribution >= 4 is 5.78 Å². The van der Waals surface area contributed by atoms with Crippen molar-refractivity contribution in [1.29, 1.82) is 0 Å². The summed E-state index contributed by atoms with van der Waals surface area (Å²) in [5.74, 6) is 0.744. The molecule has 1 unspecified atom stereocenters. The molecular formula is C18H26O2. The molecule has 6 atom stereocenters. The number of rotatable bonds is 1. The highest BCUT2D eigenvalue weighted by Gasteiger charge is 2.70. The van der Waals surface area contributed by atoms with E-state index in [9.17, 15) is 4.79 Å². The van der Waals surface area contributed by atoms with Gasteiger partial charge in [-0.25, -0.2) is 0 Å². The first kappa shape index (κ1) is 14.1. The highest BCUT2D eigenvalue weighted by molar-refractivity contribution is 5.84. The van der Waals surface area contributed by atoms with E-state index in [4.69, 9.17) is 4.74 Å². The van der Waals surface area contributed by atoms with E-state index in [0.717, 1.165) is 0 Å². The first-order valence-corrected chi connectivity index (χ1v) is 7.77. The van der Waals surface area contributed by atoms with Crippen LogP contribution in [0.2, 0.25) is 0 Å². The number of allylic oxidation sites excluding steroid dienone is 2. The number of carbonyl (C=O) groups is 1. The minimum atomic E-state index is 0.0119. The molecule has 20 heavy (non-hydrogen) atoms. The van der Waals surface area contributed by atoms with Crippen LogP contribution in [0.15, 0.2) is 23.3 Å². The van der Waals surface area contributed by atoms with E-state index in [1.54, 1.807) is 0 Å². The van der Waals surface area contributed by atoms with Gasteiger partial charge in [-0.3, -0.25) is 4.79 Å². The minimum Gasteiger partial charge on any atom is -0.368 e. The molecule has 0 amide bonds. The molecule has 2 nitrogen and oxygen atoms in total. The van der Waals surface area contributed by atoms with Crippen molar-refractivity contribution in [3.05, 3.63) is 23.3 Å². The smallest absolute Gasteiger partial charge is 0.138 e. The van der Waals surface area contributed by atoms with Gasteiger partial charge >= 0.3 is 0 Å². The van der Waals surface area contributed by atoms with Gasteiger partial charge in [0.05, 0.1) is 12.2 Å². The van der Waals surface area contributed by atoms with Crippen LogP contribution in [0.4, 0.5) is 0 Å². The molecule has 0 N–H and O–H groups in total. The van der Waals surface area contributed by atoms with Crippen LogP contribution in [0, 0.1) is 22.7 Å². The molecule has 110 valence electrons. The summed E-state index contributed by atoms with van der Waals surface area (Å²) in [6.45, 7) is 13.2. The molecule has 3 rings (SSSR count). The maximum absolute atomic E-state index is 12.3. The van der Waals surface area contributed by atoms with E-state index in [1.165, 1.54) is 11.1 Å². The van der Waals surface area contributed by atoms with Crippen molar-refractivity contribution in [2.75, 3.05) is 0 Å². The standard InChI is InChI=1S/C18H26O2/c1-7-10(2)15-17(5)9-11(3)13-8-14(19)12(4)16(20-15)18(13,17)6/h7,9,12-13,15-16H,8H2,1-6H3/b10-7+/t12?,13-,15-,16-,17-,18+/m1/s1. The van der Waals surface area contributed by atoms with Gasteiger partial charge < -0.3 is 4.74 Å². The second kappa shape index (κ2) is 4.07. The second-order valence-electron chi connectivity index (χ2n) is 7.43. The summed E-state index contributed by atoms with van der Waals surface area (Å²) in [4.78, 5) is 12.3. The second-order valence-corrected chi connectivity index (χ2v) is 7.43. The number of ketones is 1. The van der Waals surface area contributed by atoms with Crippen LogP contribution in [-0.2, 0) is 9.53 Å². The lowest BCUT2D eigenvalue weighted by atomic mass is 9.54. The molecule has 0 aromatic carbocycles. The summed E-state index contributed by atoms with van der Waals surface area (Å²) in [5, 5.41) is 0. The molecular weight excluding hydrogens is 248 g/mol. The van der Waals surface area contributed by atoms with Crippen molar-refractivity contribution in [1.82, 2.24) is 0 Å². The lowest BCUT2D eigenvalue weighted by molar-refractivity contribution is -0.138. The van der Waals surface area contributed by atoms with Crippen LogP contribution >= 0.6 is 0 Å². The Labute approximate surface area is 122 Å².